The molecule has 1 aliphatic heterocycles. The molecule has 3 rings (SSSR count). The lowest BCUT2D eigenvalue weighted by atomic mass is 9.94. The van der Waals surface area contributed by atoms with E-state index in [1.807, 2.05) is 18.3 Å². The molecule has 134 valence electrons. The van der Waals surface area contributed by atoms with Crippen molar-refractivity contribution in [3.05, 3.63) is 36.0 Å². The van der Waals surface area contributed by atoms with Gasteiger partial charge in [-0.3, -0.25) is 9.59 Å². The number of rotatable bonds is 5. The fourth-order valence-electron chi connectivity index (χ4n) is 3.55. The number of H-pyrrole nitrogens is 1. The van der Waals surface area contributed by atoms with Crippen molar-refractivity contribution in [2.24, 2.45) is 5.92 Å². The Bertz CT molecular complexity index is 755. The van der Waals surface area contributed by atoms with Gasteiger partial charge >= 0.3 is 11.9 Å². The van der Waals surface area contributed by atoms with Crippen LogP contribution in [0.3, 0.4) is 0 Å². The first-order chi connectivity index (χ1) is 12.1. The van der Waals surface area contributed by atoms with Gasteiger partial charge in [0.2, 0.25) is 0 Å². The van der Waals surface area contributed by atoms with Crippen molar-refractivity contribution < 1.29 is 19.1 Å². The number of benzene rings is 1. The van der Waals surface area contributed by atoms with Crippen LogP contribution >= 0.6 is 0 Å². The molecule has 0 radical (unpaired) electrons. The summed E-state index contributed by atoms with van der Waals surface area (Å²) in [7, 11) is 1.37. The van der Waals surface area contributed by atoms with Gasteiger partial charge < -0.3 is 19.4 Å². The molecule has 0 aliphatic carbocycles. The zero-order valence-electron chi connectivity index (χ0n) is 14.7. The summed E-state index contributed by atoms with van der Waals surface area (Å²) in [6.45, 7) is 3.57. The number of piperidine rings is 1. The van der Waals surface area contributed by atoms with Crippen molar-refractivity contribution in [2.45, 2.75) is 25.9 Å². The number of carbonyl (C=O) groups excluding carboxylic acids is 2. The molecule has 1 N–H and O–H groups in total. The summed E-state index contributed by atoms with van der Waals surface area (Å²) in [5, 5.41) is 1.24. The number of aromatic amines is 1. The van der Waals surface area contributed by atoms with E-state index in [-0.39, 0.29) is 11.9 Å². The average molecular weight is 344 g/mol. The summed E-state index contributed by atoms with van der Waals surface area (Å²) in [6.07, 6.45) is 3.20. The number of carbonyl (C=O) groups is 2. The second kappa shape index (κ2) is 7.70. The molecular weight excluding hydrogens is 320 g/mol. The third-order valence-electron chi connectivity index (χ3n) is 4.83. The molecular formula is C19H24N2O4. The van der Waals surface area contributed by atoms with Crippen molar-refractivity contribution in [1.82, 2.24) is 9.88 Å². The summed E-state index contributed by atoms with van der Waals surface area (Å²) in [5.74, 6) is -1.10. The normalized spacial score (nSPS) is 21.2. The van der Waals surface area contributed by atoms with Crippen LogP contribution in [0.1, 0.15) is 18.9 Å². The van der Waals surface area contributed by atoms with Gasteiger partial charge in [-0.25, -0.2) is 0 Å². The van der Waals surface area contributed by atoms with Gasteiger partial charge in [-0.1, -0.05) is 18.2 Å². The predicted molar refractivity (Wildman–Crippen MR) is 94.1 cm³/mol. The Balaban J connectivity index is 1.63. The zero-order valence-corrected chi connectivity index (χ0v) is 14.7. The lowest BCUT2D eigenvalue weighted by Crippen LogP contribution is -2.48. The van der Waals surface area contributed by atoms with Crippen molar-refractivity contribution >= 4 is 22.8 Å². The maximum atomic E-state index is 12.1. The minimum absolute atomic E-state index is 0.317. The Hall–Kier alpha value is -2.34. The number of para-hydroxylation sites is 1. The van der Waals surface area contributed by atoms with Crippen LogP contribution in [0.4, 0.5) is 0 Å². The maximum Gasteiger partial charge on any atom is 0.313 e. The van der Waals surface area contributed by atoms with E-state index in [4.69, 9.17) is 9.47 Å². The van der Waals surface area contributed by atoms with E-state index in [0.717, 1.165) is 25.0 Å². The van der Waals surface area contributed by atoms with Crippen LogP contribution in [-0.2, 0) is 25.5 Å². The fourth-order valence-corrected chi connectivity index (χ4v) is 3.55. The summed E-state index contributed by atoms with van der Waals surface area (Å²) >= 11 is 0. The molecule has 6 nitrogen and oxygen atoms in total. The Morgan fingerprint density at radius 2 is 2.12 bits per heavy atom. The number of methoxy groups -OCH3 is 1. The number of nitrogens with zero attached hydrogens (tertiary/aromatic N) is 1. The highest BCUT2D eigenvalue weighted by molar-refractivity contribution is 5.83. The number of hydrogen-bond acceptors (Lipinski definition) is 5. The summed E-state index contributed by atoms with van der Waals surface area (Å²) < 4.78 is 10.2. The van der Waals surface area contributed by atoms with Gasteiger partial charge in [-0.2, -0.15) is 0 Å². The second-order valence-corrected chi connectivity index (χ2v) is 6.48. The molecule has 25 heavy (non-hydrogen) atoms. The van der Waals surface area contributed by atoms with Crippen LogP contribution in [0.5, 0.6) is 0 Å². The third-order valence-corrected chi connectivity index (χ3v) is 4.83. The monoisotopic (exact) mass is 344 g/mol. The SMILES string of the molecule is COC(=O)[C@@H]1CN(CCc2c[nH]c3ccccc23)CC[C@H]1OC(C)=O. The fraction of sp³-hybridized carbons (Fsp3) is 0.474. The van der Waals surface area contributed by atoms with Gasteiger partial charge in [0.1, 0.15) is 12.0 Å². The standard InChI is InChI=1S/C19H24N2O4/c1-13(22)25-18-8-10-21(12-16(18)19(23)24-2)9-7-14-11-20-17-6-4-3-5-15(14)17/h3-6,11,16,18,20H,7-10,12H2,1-2H3/t16-,18-/m1/s1. The van der Waals surface area contributed by atoms with E-state index >= 15 is 0 Å². The van der Waals surface area contributed by atoms with Gasteiger partial charge in [0.05, 0.1) is 7.11 Å². The average Bonchev–Trinajstić information content (AvgIpc) is 3.03. The van der Waals surface area contributed by atoms with Gasteiger partial charge in [0.15, 0.2) is 0 Å². The number of likely N-dealkylation sites (tertiary alicyclic amines) is 1. The highest BCUT2D eigenvalue weighted by atomic mass is 16.6. The molecule has 1 saturated heterocycles. The van der Waals surface area contributed by atoms with Crippen LogP contribution in [0.15, 0.2) is 30.5 Å². The molecule has 0 saturated carbocycles. The molecule has 0 unspecified atom stereocenters. The van der Waals surface area contributed by atoms with Gasteiger partial charge in [0, 0.05) is 43.7 Å². The van der Waals surface area contributed by atoms with Gasteiger partial charge in [-0.15, -0.1) is 0 Å². The summed E-state index contributed by atoms with van der Waals surface area (Å²) in [5.41, 5.74) is 2.41. The van der Waals surface area contributed by atoms with Crippen LogP contribution in [0, 0.1) is 5.92 Å². The van der Waals surface area contributed by atoms with Crippen molar-refractivity contribution in [3.63, 3.8) is 0 Å². The lowest BCUT2D eigenvalue weighted by Gasteiger charge is -2.36. The third kappa shape index (κ3) is 4.02. The van der Waals surface area contributed by atoms with Crippen molar-refractivity contribution in [2.75, 3.05) is 26.7 Å². The topological polar surface area (TPSA) is 71.6 Å². The molecule has 0 amide bonds. The second-order valence-electron chi connectivity index (χ2n) is 6.48. The van der Waals surface area contributed by atoms with Gasteiger partial charge in [-0.05, 0) is 24.5 Å². The summed E-state index contributed by atoms with van der Waals surface area (Å²) in [4.78, 5) is 28.9. The van der Waals surface area contributed by atoms with E-state index in [2.05, 4.69) is 22.0 Å². The Morgan fingerprint density at radius 3 is 2.88 bits per heavy atom. The Labute approximate surface area is 147 Å². The number of nitrogens with one attached hydrogen (secondary N) is 1. The highest BCUT2D eigenvalue weighted by Gasteiger charge is 2.37. The molecule has 1 aromatic carbocycles. The van der Waals surface area contributed by atoms with Gasteiger partial charge in [0.25, 0.3) is 0 Å². The number of esters is 2. The van der Waals surface area contributed by atoms with E-state index in [1.165, 1.54) is 25.0 Å². The van der Waals surface area contributed by atoms with Crippen LogP contribution in [-0.4, -0.2) is 54.7 Å². The molecule has 2 atom stereocenters. The zero-order chi connectivity index (χ0) is 17.8. The Morgan fingerprint density at radius 1 is 1.32 bits per heavy atom. The summed E-state index contributed by atoms with van der Waals surface area (Å²) in [6, 6.07) is 8.24. The number of aromatic nitrogens is 1. The number of ether oxygens (including phenoxy) is 2. The number of fused-ring (bicyclic) bond motifs is 1. The molecule has 2 heterocycles. The van der Waals surface area contributed by atoms with E-state index in [1.54, 1.807) is 0 Å². The van der Waals surface area contributed by atoms with Crippen LogP contribution in [0.25, 0.3) is 10.9 Å². The van der Waals surface area contributed by atoms with Crippen molar-refractivity contribution in [3.8, 4) is 0 Å². The Kier molecular flexibility index (Phi) is 5.38. The first-order valence-electron chi connectivity index (χ1n) is 8.61. The molecule has 0 spiro atoms. The number of hydrogen-bond donors (Lipinski definition) is 1. The highest BCUT2D eigenvalue weighted by Crippen LogP contribution is 2.23. The van der Waals surface area contributed by atoms with E-state index in [9.17, 15) is 9.59 Å². The minimum Gasteiger partial charge on any atom is -0.469 e. The largest absolute Gasteiger partial charge is 0.469 e. The van der Waals surface area contributed by atoms with Crippen molar-refractivity contribution in [1.29, 1.82) is 0 Å². The maximum absolute atomic E-state index is 12.1. The molecule has 1 aromatic heterocycles. The lowest BCUT2D eigenvalue weighted by molar-refractivity contribution is -0.163. The molecule has 2 aromatic rings. The molecule has 6 heteroatoms. The molecule has 1 aliphatic rings. The molecule has 0 bridgehead atoms. The van der Waals surface area contributed by atoms with E-state index < -0.39 is 12.0 Å². The first kappa shape index (κ1) is 17.5. The van der Waals surface area contributed by atoms with E-state index in [0.29, 0.717) is 13.0 Å². The first-order valence-corrected chi connectivity index (χ1v) is 8.61. The molecule has 1 fully saturated rings. The minimum atomic E-state index is -0.425. The van der Waals surface area contributed by atoms with Crippen LogP contribution < -0.4 is 0 Å². The van der Waals surface area contributed by atoms with Crippen LogP contribution in [0.2, 0.25) is 0 Å². The smallest absolute Gasteiger partial charge is 0.313 e. The quantitative estimate of drug-likeness (QED) is 0.842. The predicted octanol–water partition coefficient (Wildman–Crippen LogP) is 2.14.